The molecule has 5 atom stereocenters. The van der Waals surface area contributed by atoms with E-state index in [1.165, 1.54) is 19.3 Å². The lowest BCUT2D eigenvalue weighted by molar-refractivity contribution is -0.141. The minimum atomic E-state index is -1.12. The minimum Gasteiger partial charge on any atom is -0.359 e. The van der Waals surface area contributed by atoms with Crippen LogP contribution in [0.1, 0.15) is 57.8 Å². The van der Waals surface area contributed by atoms with Crippen LogP contribution in [0.15, 0.2) is 36.4 Å². The van der Waals surface area contributed by atoms with Crippen LogP contribution in [0, 0.1) is 11.8 Å². The average molecular weight is 555 g/mol. The first kappa shape index (κ1) is 26.8. The zero-order valence-corrected chi connectivity index (χ0v) is 23.2. The highest BCUT2D eigenvalue weighted by molar-refractivity contribution is 6.30. The summed E-state index contributed by atoms with van der Waals surface area (Å²) in [5.41, 5.74) is -0.512. The smallest absolute Gasteiger partial charge is 0.246 e. The number of ether oxygens (including phenoxy) is 1. The quantitative estimate of drug-likeness (QED) is 0.501. The molecular formula is C30H39ClN4O4. The van der Waals surface area contributed by atoms with Gasteiger partial charge in [0, 0.05) is 29.8 Å². The Hall–Kier alpha value is -2.42. The van der Waals surface area contributed by atoms with E-state index in [2.05, 4.69) is 15.5 Å². The van der Waals surface area contributed by atoms with E-state index in [1.807, 2.05) is 12.2 Å². The second kappa shape index (κ2) is 11.2. The van der Waals surface area contributed by atoms with Gasteiger partial charge < -0.3 is 25.2 Å². The second-order valence-corrected chi connectivity index (χ2v) is 12.3. The first-order valence-electron chi connectivity index (χ1n) is 14.7. The summed E-state index contributed by atoms with van der Waals surface area (Å²) in [5, 5.41) is 6.80. The van der Waals surface area contributed by atoms with Gasteiger partial charge in [0.2, 0.25) is 17.7 Å². The summed E-state index contributed by atoms with van der Waals surface area (Å²) < 4.78 is 6.48. The molecule has 5 aliphatic rings. The van der Waals surface area contributed by atoms with Crippen molar-refractivity contribution in [2.45, 2.75) is 81.6 Å². The predicted octanol–water partition coefficient (Wildman–Crippen LogP) is 3.75. The number of halogens is 1. The lowest BCUT2D eigenvalue weighted by atomic mass is 9.74. The second-order valence-electron chi connectivity index (χ2n) is 11.8. The molecule has 210 valence electrons. The molecule has 0 aromatic heterocycles. The lowest BCUT2D eigenvalue weighted by Gasteiger charge is -2.35. The maximum absolute atomic E-state index is 14.1. The van der Waals surface area contributed by atoms with E-state index >= 15 is 0 Å². The summed E-state index contributed by atoms with van der Waals surface area (Å²) in [7, 11) is 0. The first-order valence-corrected chi connectivity index (χ1v) is 15.1. The zero-order chi connectivity index (χ0) is 27.0. The monoisotopic (exact) mass is 554 g/mol. The number of likely N-dealkylation sites (tertiary alicyclic amines) is 2. The molecule has 9 heteroatoms. The van der Waals surface area contributed by atoms with Gasteiger partial charge in [-0.25, -0.2) is 0 Å². The number of rotatable bonds is 7. The highest BCUT2D eigenvalue weighted by Gasteiger charge is 2.72. The van der Waals surface area contributed by atoms with E-state index in [0.717, 1.165) is 58.2 Å². The third-order valence-electron chi connectivity index (χ3n) is 9.34. The first-order chi connectivity index (χ1) is 19.0. The Morgan fingerprint density at radius 1 is 0.949 bits per heavy atom. The Bertz CT molecular complexity index is 1110. The summed E-state index contributed by atoms with van der Waals surface area (Å²) in [6, 6.07) is 6.25. The number of benzene rings is 1. The normalized spacial score (nSPS) is 32.7. The summed E-state index contributed by atoms with van der Waals surface area (Å²) in [6.45, 7) is 3.20. The number of hydrogen-bond donors (Lipinski definition) is 2. The van der Waals surface area contributed by atoms with Crippen molar-refractivity contribution in [3.8, 4) is 0 Å². The van der Waals surface area contributed by atoms with Gasteiger partial charge in [-0.05, 0) is 63.0 Å². The van der Waals surface area contributed by atoms with Gasteiger partial charge in [0.25, 0.3) is 0 Å². The Kier molecular flexibility index (Phi) is 7.71. The number of hydrogen-bond acceptors (Lipinski definition) is 5. The fraction of sp³-hybridized carbons (Fsp3) is 0.633. The van der Waals surface area contributed by atoms with Crippen molar-refractivity contribution in [1.29, 1.82) is 0 Å². The molecule has 1 aromatic rings. The molecule has 3 amide bonds. The van der Waals surface area contributed by atoms with Crippen LogP contribution in [0.2, 0.25) is 5.02 Å². The van der Waals surface area contributed by atoms with Crippen LogP contribution in [0.5, 0.6) is 0 Å². The third kappa shape index (κ3) is 5.11. The van der Waals surface area contributed by atoms with E-state index in [1.54, 1.807) is 29.2 Å². The van der Waals surface area contributed by atoms with Crippen molar-refractivity contribution in [2.24, 2.45) is 11.8 Å². The number of nitrogens with zero attached hydrogens (tertiary/aromatic N) is 2. The maximum atomic E-state index is 14.1. The summed E-state index contributed by atoms with van der Waals surface area (Å²) in [5.74, 6) is -2.01. The van der Waals surface area contributed by atoms with Crippen molar-refractivity contribution in [3.63, 3.8) is 0 Å². The molecule has 1 saturated carbocycles. The molecule has 5 unspecified atom stereocenters. The van der Waals surface area contributed by atoms with Crippen LogP contribution in [0.25, 0.3) is 0 Å². The van der Waals surface area contributed by atoms with Crippen LogP contribution in [-0.2, 0) is 19.1 Å². The lowest BCUT2D eigenvalue weighted by Crippen LogP contribution is -2.57. The molecule has 3 saturated heterocycles. The molecule has 39 heavy (non-hydrogen) atoms. The molecule has 0 radical (unpaired) electrons. The van der Waals surface area contributed by atoms with Gasteiger partial charge in [-0.2, -0.15) is 0 Å². The Labute approximate surface area is 235 Å². The zero-order valence-electron chi connectivity index (χ0n) is 22.4. The van der Waals surface area contributed by atoms with Crippen LogP contribution in [0.4, 0.5) is 5.69 Å². The standard InChI is InChI=1S/C30H39ClN4O4/c31-20-10-12-22(13-11-20)32-27(36)24-23-14-15-30(39-23)25(24)29(38)35(19-18-34-16-6-1-2-7-17-34)26(30)28(37)33-21-8-4-3-5-9-21/h10-15,21,23-26H,1-9,16-19H2,(H,32,36)(H,33,37). The van der Waals surface area contributed by atoms with Crippen molar-refractivity contribution < 1.29 is 19.1 Å². The highest BCUT2D eigenvalue weighted by Crippen LogP contribution is 2.55. The Morgan fingerprint density at radius 3 is 2.36 bits per heavy atom. The van der Waals surface area contributed by atoms with Crippen LogP contribution >= 0.6 is 11.6 Å². The molecule has 8 nitrogen and oxygen atoms in total. The number of amides is 3. The fourth-order valence-corrected chi connectivity index (χ4v) is 7.53. The van der Waals surface area contributed by atoms with Gasteiger partial charge in [0.05, 0.1) is 17.9 Å². The predicted molar refractivity (Wildman–Crippen MR) is 149 cm³/mol. The highest BCUT2D eigenvalue weighted by atomic mass is 35.5. The number of anilines is 1. The van der Waals surface area contributed by atoms with E-state index in [4.69, 9.17) is 16.3 Å². The van der Waals surface area contributed by atoms with Gasteiger partial charge in [0.1, 0.15) is 11.6 Å². The van der Waals surface area contributed by atoms with Crippen LogP contribution in [-0.4, -0.2) is 77.5 Å². The minimum absolute atomic E-state index is 0.121. The van der Waals surface area contributed by atoms with Gasteiger partial charge in [-0.1, -0.05) is 55.9 Å². The third-order valence-corrected chi connectivity index (χ3v) is 9.60. The number of nitrogens with one attached hydrogen (secondary N) is 2. The van der Waals surface area contributed by atoms with Gasteiger partial charge >= 0.3 is 0 Å². The van der Waals surface area contributed by atoms with E-state index in [0.29, 0.717) is 17.3 Å². The summed E-state index contributed by atoms with van der Waals surface area (Å²) in [6.07, 6.45) is 13.3. The number of fused-ring (bicyclic) bond motifs is 1. The molecule has 2 bridgehead atoms. The summed E-state index contributed by atoms with van der Waals surface area (Å²) >= 11 is 6.01. The largest absolute Gasteiger partial charge is 0.359 e. The molecular weight excluding hydrogens is 516 g/mol. The maximum Gasteiger partial charge on any atom is 0.246 e. The van der Waals surface area contributed by atoms with Crippen LogP contribution < -0.4 is 10.6 Å². The average Bonchev–Trinajstić information content (AvgIpc) is 3.48. The van der Waals surface area contributed by atoms with Gasteiger partial charge in [-0.15, -0.1) is 0 Å². The van der Waals surface area contributed by atoms with Crippen molar-refractivity contribution in [2.75, 3.05) is 31.5 Å². The van der Waals surface area contributed by atoms with Crippen molar-refractivity contribution >= 4 is 35.0 Å². The molecule has 4 heterocycles. The van der Waals surface area contributed by atoms with Gasteiger partial charge in [0.15, 0.2) is 0 Å². The Balaban J connectivity index is 1.26. The van der Waals surface area contributed by atoms with Gasteiger partial charge in [-0.3, -0.25) is 14.4 Å². The van der Waals surface area contributed by atoms with Crippen molar-refractivity contribution in [3.05, 3.63) is 41.4 Å². The van der Waals surface area contributed by atoms with E-state index in [-0.39, 0.29) is 23.8 Å². The fourth-order valence-electron chi connectivity index (χ4n) is 7.40. The molecule has 1 aromatic carbocycles. The summed E-state index contributed by atoms with van der Waals surface area (Å²) in [4.78, 5) is 45.8. The van der Waals surface area contributed by atoms with E-state index < -0.39 is 29.6 Å². The molecule has 1 aliphatic carbocycles. The van der Waals surface area contributed by atoms with E-state index in [9.17, 15) is 14.4 Å². The van der Waals surface area contributed by atoms with Crippen molar-refractivity contribution in [1.82, 2.24) is 15.1 Å². The number of carbonyl (C=O) groups excluding carboxylic acids is 3. The Morgan fingerprint density at radius 2 is 1.64 bits per heavy atom. The molecule has 2 N–H and O–H groups in total. The molecule has 4 fully saturated rings. The SMILES string of the molecule is O=C(Nc1ccc(Cl)cc1)C1C2C=CC3(O2)C1C(=O)N(CCN1CCCCCC1)C3C(=O)NC1CCCCC1. The topological polar surface area (TPSA) is 91.0 Å². The number of carbonyl (C=O) groups is 3. The van der Waals surface area contributed by atoms with Crippen LogP contribution in [0.3, 0.4) is 0 Å². The molecule has 6 rings (SSSR count). The molecule has 4 aliphatic heterocycles. The molecule has 1 spiro atoms.